The third kappa shape index (κ3) is 3.67. The summed E-state index contributed by atoms with van der Waals surface area (Å²) in [6.45, 7) is 0.736. The highest BCUT2D eigenvalue weighted by Gasteiger charge is 2.54. The number of imide groups is 1. The van der Waals surface area contributed by atoms with E-state index < -0.39 is 11.6 Å². The minimum atomic E-state index is -1.26. The van der Waals surface area contributed by atoms with Gasteiger partial charge in [-0.15, -0.1) is 0 Å². The van der Waals surface area contributed by atoms with Crippen LogP contribution in [0.3, 0.4) is 0 Å². The van der Waals surface area contributed by atoms with Crippen LogP contribution in [0.2, 0.25) is 0 Å². The van der Waals surface area contributed by atoms with Crippen LogP contribution in [-0.4, -0.2) is 34.4 Å². The Morgan fingerprint density at radius 3 is 1.97 bits per heavy atom. The molecule has 3 aromatic rings. The van der Waals surface area contributed by atoms with Crippen molar-refractivity contribution in [2.45, 2.75) is 31.0 Å². The first-order chi connectivity index (χ1) is 15.6. The fourth-order valence-corrected chi connectivity index (χ4v) is 4.38. The van der Waals surface area contributed by atoms with E-state index in [4.69, 9.17) is 0 Å². The molecule has 32 heavy (non-hydrogen) atoms. The average molecular weight is 429 g/mol. The predicted molar refractivity (Wildman–Crippen MR) is 119 cm³/mol. The van der Waals surface area contributed by atoms with Crippen molar-refractivity contribution >= 4 is 11.9 Å². The smallest absolute Gasteiger partial charge is 0.315 e. The Labute approximate surface area is 186 Å². The zero-order valence-corrected chi connectivity index (χ0v) is 17.6. The molecule has 1 saturated carbocycles. The third-order valence-corrected chi connectivity index (χ3v) is 6.20. The maximum Gasteiger partial charge on any atom is 0.326 e. The summed E-state index contributed by atoms with van der Waals surface area (Å²) in [4.78, 5) is 30.5. The first-order valence-electron chi connectivity index (χ1n) is 10.8. The van der Waals surface area contributed by atoms with Crippen molar-refractivity contribution in [3.63, 3.8) is 0 Å². The number of rotatable bonds is 7. The molecule has 1 aliphatic heterocycles. The van der Waals surface area contributed by atoms with Crippen molar-refractivity contribution < 1.29 is 14.0 Å². The maximum absolute atomic E-state index is 13.9. The number of hydrogen-bond donors (Lipinski definition) is 1. The quantitative estimate of drug-likeness (QED) is 0.572. The third-order valence-electron chi connectivity index (χ3n) is 6.20. The van der Waals surface area contributed by atoms with E-state index >= 15 is 0 Å². The van der Waals surface area contributed by atoms with Crippen LogP contribution >= 0.6 is 0 Å². The Kier molecular flexibility index (Phi) is 5.23. The van der Waals surface area contributed by atoms with Crippen molar-refractivity contribution in [2.24, 2.45) is 0 Å². The molecule has 0 radical (unpaired) electrons. The summed E-state index contributed by atoms with van der Waals surface area (Å²) >= 11 is 0. The first-order valence-corrected chi connectivity index (χ1v) is 10.8. The van der Waals surface area contributed by atoms with Crippen LogP contribution in [0.5, 0.6) is 0 Å². The largest absolute Gasteiger partial charge is 0.326 e. The normalized spacial score (nSPS) is 17.6. The average Bonchev–Trinajstić information content (AvgIpc) is 3.64. The highest BCUT2D eigenvalue weighted by atomic mass is 19.1. The Morgan fingerprint density at radius 1 is 0.875 bits per heavy atom. The van der Waals surface area contributed by atoms with E-state index in [1.807, 2.05) is 60.7 Å². The summed E-state index contributed by atoms with van der Waals surface area (Å²) in [5.41, 5.74) is 1.14. The van der Waals surface area contributed by atoms with E-state index in [-0.39, 0.29) is 18.4 Å². The zero-order valence-electron chi connectivity index (χ0n) is 17.6. The summed E-state index contributed by atoms with van der Waals surface area (Å²) < 4.78 is 13.3. The van der Waals surface area contributed by atoms with Gasteiger partial charge in [0.15, 0.2) is 5.54 Å². The summed E-state index contributed by atoms with van der Waals surface area (Å²) in [7, 11) is 0. The Morgan fingerprint density at radius 2 is 1.44 bits per heavy atom. The van der Waals surface area contributed by atoms with Gasteiger partial charge in [0, 0.05) is 12.6 Å². The van der Waals surface area contributed by atoms with Gasteiger partial charge in [0.1, 0.15) is 5.82 Å². The van der Waals surface area contributed by atoms with Crippen molar-refractivity contribution in [3.05, 3.63) is 107 Å². The fourth-order valence-electron chi connectivity index (χ4n) is 4.38. The van der Waals surface area contributed by atoms with Crippen LogP contribution in [0.25, 0.3) is 0 Å². The van der Waals surface area contributed by atoms with Crippen LogP contribution in [0.1, 0.15) is 29.5 Å². The molecule has 0 bridgehead atoms. The van der Waals surface area contributed by atoms with Crippen LogP contribution in [0.4, 0.5) is 9.18 Å². The molecule has 3 amide bonds. The Hall–Kier alpha value is -3.51. The molecule has 5 nitrogen and oxygen atoms in total. The first kappa shape index (κ1) is 20.4. The number of nitrogens with zero attached hydrogens (tertiary/aromatic N) is 2. The van der Waals surface area contributed by atoms with Gasteiger partial charge in [0.25, 0.3) is 5.91 Å². The second-order valence-electron chi connectivity index (χ2n) is 8.39. The fraction of sp³-hybridized carbons (Fsp3) is 0.231. The van der Waals surface area contributed by atoms with E-state index in [9.17, 15) is 14.0 Å². The van der Waals surface area contributed by atoms with Crippen LogP contribution in [-0.2, 0) is 16.9 Å². The van der Waals surface area contributed by atoms with Gasteiger partial charge in [-0.05, 0) is 41.7 Å². The Bertz CT molecular complexity index is 1080. The number of hydrogen-bond acceptors (Lipinski definition) is 3. The topological polar surface area (TPSA) is 52.7 Å². The number of halogens is 1. The van der Waals surface area contributed by atoms with Gasteiger partial charge >= 0.3 is 6.03 Å². The predicted octanol–water partition coefficient (Wildman–Crippen LogP) is 4.24. The van der Waals surface area contributed by atoms with Crippen molar-refractivity contribution in [2.75, 3.05) is 6.67 Å². The number of carbonyl (C=O) groups is 2. The number of nitrogens with one attached hydrogen (secondary N) is 1. The monoisotopic (exact) mass is 429 g/mol. The molecule has 0 spiro atoms. The lowest BCUT2D eigenvalue weighted by atomic mass is 9.83. The molecule has 1 saturated heterocycles. The Balaban J connectivity index is 1.47. The number of carbonyl (C=O) groups excluding carboxylic acids is 2. The zero-order chi connectivity index (χ0) is 22.1. The van der Waals surface area contributed by atoms with E-state index in [1.165, 1.54) is 17.0 Å². The maximum atomic E-state index is 13.9. The van der Waals surface area contributed by atoms with Crippen LogP contribution in [0, 0.1) is 5.82 Å². The minimum Gasteiger partial charge on any atom is -0.315 e. The summed E-state index contributed by atoms with van der Waals surface area (Å²) in [5.74, 6) is -0.569. The van der Waals surface area contributed by atoms with Crippen LogP contribution in [0.15, 0.2) is 84.9 Å². The molecule has 1 N–H and O–H groups in total. The van der Waals surface area contributed by atoms with E-state index in [0.29, 0.717) is 12.6 Å². The number of amides is 3. The van der Waals surface area contributed by atoms with Gasteiger partial charge in [-0.25, -0.2) is 14.1 Å². The molecule has 0 unspecified atom stereocenters. The summed E-state index contributed by atoms with van der Waals surface area (Å²) in [6.07, 6.45) is 2.04. The van der Waals surface area contributed by atoms with Crippen LogP contribution < -0.4 is 5.32 Å². The molecule has 5 rings (SSSR count). The molecule has 0 aromatic heterocycles. The molecular weight excluding hydrogens is 405 g/mol. The number of urea groups is 1. The minimum absolute atomic E-state index is 0.189. The van der Waals surface area contributed by atoms with E-state index in [0.717, 1.165) is 29.5 Å². The molecule has 0 atom stereocenters. The molecule has 162 valence electrons. The SMILES string of the molecule is O=C1NC(c2ccccc2)(c2ccccc2)C(=O)N1CN(Cc1ccc(F)cc1)C1CC1. The molecule has 6 heteroatoms. The molecule has 1 aliphatic carbocycles. The standard InChI is InChI=1S/C26H24FN3O2/c27-22-13-11-19(12-14-22)17-29(23-15-16-23)18-30-24(31)26(28-25(30)32,20-7-3-1-4-8-20)21-9-5-2-6-10-21/h1-14,23H,15-18H2,(H,28,32). The van der Waals surface area contributed by atoms with Gasteiger partial charge in [-0.2, -0.15) is 0 Å². The van der Waals surface area contributed by atoms with Crippen molar-refractivity contribution in [3.8, 4) is 0 Å². The highest BCUT2D eigenvalue weighted by Crippen LogP contribution is 2.37. The molecular formula is C26H24FN3O2. The van der Waals surface area contributed by atoms with E-state index in [1.54, 1.807) is 12.1 Å². The molecule has 2 fully saturated rings. The molecule has 1 heterocycles. The van der Waals surface area contributed by atoms with Gasteiger partial charge in [0.05, 0.1) is 6.67 Å². The van der Waals surface area contributed by atoms with Gasteiger partial charge in [-0.3, -0.25) is 9.69 Å². The summed E-state index contributed by atoms with van der Waals surface area (Å²) in [5, 5.41) is 3.00. The number of benzene rings is 3. The molecule has 2 aliphatic rings. The summed E-state index contributed by atoms with van der Waals surface area (Å²) in [6, 6.07) is 25.0. The molecule has 3 aromatic carbocycles. The van der Waals surface area contributed by atoms with Gasteiger partial charge in [-0.1, -0.05) is 72.8 Å². The van der Waals surface area contributed by atoms with Crippen molar-refractivity contribution in [1.82, 2.24) is 15.1 Å². The van der Waals surface area contributed by atoms with Gasteiger partial charge < -0.3 is 5.32 Å². The second-order valence-corrected chi connectivity index (χ2v) is 8.39. The van der Waals surface area contributed by atoms with Crippen molar-refractivity contribution in [1.29, 1.82) is 0 Å². The van der Waals surface area contributed by atoms with Gasteiger partial charge in [0.2, 0.25) is 0 Å². The van der Waals surface area contributed by atoms with E-state index in [2.05, 4.69) is 10.2 Å². The lowest BCUT2D eigenvalue weighted by molar-refractivity contribution is -0.131. The lowest BCUT2D eigenvalue weighted by Crippen LogP contribution is -2.46. The lowest BCUT2D eigenvalue weighted by Gasteiger charge is -2.29. The highest BCUT2D eigenvalue weighted by molar-refractivity contribution is 6.09. The second kappa shape index (κ2) is 8.20.